The molecule has 4 aromatic rings. The second-order valence-corrected chi connectivity index (χ2v) is 8.07. The van der Waals surface area contributed by atoms with Gasteiger partial charge in [-0.25, -0.2) is 9.97 Å². The number of rotatable bonds is 1. The zero-order chi connectivity index (χ0) is 19.6. The first kappa shape index (κ1) is 17.6. The highest BCUT2D eigenvalue weighted by atomic mass is 79.9. The lowest BCUT2D eigenvalue weighted by Gasteiger charge is -2.24. The molecule has 0 bridgehead atoms. The van der Waals surface area contributed by atoms with Crippen LogP contribution in [0.2, 0.25) is 5.02 Å². The van der Waals surface area contributed by atoms with E-state index in [0.717, 1.165) is 0 Å². The fourth-order valence-corrected chi connectivity index (χ4v) is 4.31. The first-order chi connectivity index (χ1) is 13.4. The number of nitrogens with one attached hydrogen (secondary N) is 1. The predicted octanol–water partition coefficient (Wildman–Crippen LogP) is 6.72. The zero-order valence-electron chi connectivity index (χ0n) is 13.7. The molecule has 0 spiro atoms. The van der Waals surface area contributed by atoms with Gasteiger partial charge in [0.2, 0.25) is 0 Å². The van der Waals surface area contributed by atoms with Gasteiger partial charge in [-0.1, -0.05) is 11.6 Å². The van der Waals surface area contributed by atoms with Crippen LogP contribution in [0.15, 0.2) is 45.3 Å². The fourth-order valence-electron chi connectivity index (χ4n) is 3.03. The summed E-state index contributed by atoms with van der Waals surface area (Å²) < 4.78 is 7.24. The molecule has 10 heteroatoms. The van der Waals surface area contributed by atoms with E-state index in [4.69, 9.17) is 21.3 Å². The molecule has 1 aromatic heterocycles. The summed E-state index contributed by atoms with van der Waals surface area (Å²) in [5.41, 5.74) is 3.78. The van der Waals surface area contributed by atoms with Crippen LogP contribution < -0.4 is 10.1 Å². The molecule has 3 aromatic carbocycles. The van der Waals surface area contributed by atoms with E-state index in [0.29, 0.717) is 58.9 Å². The van der Waals surface area contributed by atoms with Gasteiger partial charge in [-0.05, 0) is 56.1 Å². The zero-order valence-corrected chi connectivity index (χ0v) is 17.6. The van der Waals surface area contributed by atoms with Crippen molar-refractivity contribution < 1.29 is 9.66 Å². The molecule has 0 radical (unpaired) electrons. The molecule has 28 heavy (non-hydrogen) atoms. The summed E-state index contributed by atoms with van der Waals surface area (Å²) in [5.74, 6) is 0.823. The van der Waals surface area contributed by atoms with Crippen molar-refractivity contribution in [3.8, 4) is 11.5 Å². The molecular formula is C18H7Br2ClN4O3. The predicted molar refractivity (Wildman–Crippen MR) is 114 cm³/mol. The SMILES string of the molecule is O=[N+]([O-])c1ccc2c(c1)Oc1c(c(Br)c3nc4cc(Cl)ccc4nc3c1Br)N2. The summed E-state index contributed by atoms with van der Waals surface area (Å²) >= 11 is 13.2. The van der Waals surface area contributed by atoms with Crippen LogP contribution in [0.5, 0.6) is 11.5 Å². The normalized spacial score (nSPS) is 12.2. The van der Waals surface area contributed by atoms with Crippen LogP contribution in [0.3, 0.4) is 0 Å². The van der Waals surface area contributed by atoms with E-state index in [1.54, 1.807) is 24.3 Å². The summed E-state index contributed by atoms with van der Waals surface area (Å²) in [6, 6.07) is 9.69. The molecule has 0 saturated heterocycles. The van der Waals surface area contributed by atoms with Crippen LogP contribution in [-0.2, 0) is 0 Å². The Morgan fingerprint density at radius 3 is 2.57 bits per heavy atom. The summed E-state index contributed by atoms with van der Waals surface area (Å²) in [5, 5.41) is 14.9. The molecule has 0 atom stereocenters. The summed E-state index contributed by atoms with van der Waals surface area (Å²) in [4.78, 5) is 20.0. The second kappa shape index (κ2) is 6.26. The van der Waals surface area contributed by atoms with Crippen molar-refractivity contribution in [2.45, 2.75) is 0 Å². The molecule has 1 aliphatic heterocycles. The molecule has 0 fully saturated rings. The number of hydrogen-bond donors (Lipinski definition) is 1. The van der Waals surface area contributed by atoms with Crippen LogP contribution in [0.4, 0.5) is 17.1 Å². The molecule has 1 N–H and O–H groups in total. The largest absolute Gasteiger partial charge is 0.451 e. The van der Waals surface area contributed by atoms with Crippen LogP contribution in [0.25, 0.3) is 22.1 Å². The molecule has 2 heterocycles. The van der Waals surface area contributed by atoms with E-state index in [1.165, 1.54) is 12.1 Å². The Balaban J connectivity index is 1.76. The van der Waals surface area contributed by atoms with Gasteiger partial charge < -0.3 is 10.1 Å². The van der Waals surface area contributed by atoms with Gasteiger partial charge in [0, 0.05) is 11.1 Å². The topological polar surface area (TPSA) is 90.2 Å². The number of nitrogens with zero attached hydrogens (tertiary/aromatic N) is 3. The molecular weight excluding hydrogens is 515 g/mol. The van der Waals surface area contributed by atoms with E-state index in [9.17, 15) is 10.1 Å². The van der Waals surface area contributed by atoms with Gasteiger partial charge in [-0.15, -0.1) is 0 Å². The van der Waals surface area contributed by atoms with Crippen molar-refractivity contribution in [3.05, 3.63) is 60.5 Å². The number of anilines is 2. The van der Waals surface area contributed by atoms with Crippen LogP contribution in [-0.4, -0.2) is 14.9 Å². The Hall–Kier alpha value is -2.49. The lowest BCUT2D eigenvalue weighted by molar-refractivity contribution is -0.384. The molecule has 5 rings (SSSR count). The monoisotopic (exact) mass is 520 g/mol. The van der Waals surface area contributed by atoms with Gasteiger partial charge >= 0.3 is 0 Å². The summed E-state index contributed by atoms with van der Waals surface area (Å²) in [7, 11) is 0. The molecule has 7 nitrogen and oxygen atoms in total. The summed E-state index contributed by atoms with van der Waals surface area (Å²) in [6.45, 7) is 0. The number of nitro groups is 1. The molecule has 138 valence electrons. The average Bonchev–Trinajstić information content (AvgIpc) is 2.69. The van der Waals surface area contributed by atoms with Gasteiger partial charge in [0.1, 0.15) is 11.0 Å². The third-order valence-electron chi connectivity index (χ3n) is 4.34. The quantitative estimate of drug-likeness (QED) is 0.149. The maximum atomic E-state index is 11.1. The smallest absolute Gasteiger partial charge is 0.273 e. The molecule has 0 amide bonds. The first-order valence-electron chi connectivity index (χ1n) is 7.93. The Labute approximate surface area is 179 Å². The molecule has 0 aliphatic carbocycles. The highest BCUT2D eigenvalue weighted by Gasteiger charge is 2.27. The number of benzene rings is 3. The first-order valence-corrected chi connectivity index (χ1v) is 9.90. The van der Waals surface area contributed by atoms with Crippen molar-refractivity contribution in [1.29, 1.82) is 0 Å². The fraction of sp³-hybridized carbons (Fsp3) is 0. The van der Waals surface area contributed by atoms with Crippen molar-refractivity contribution in [2.75, 3.05) is 5.32 Å². The minimum Gasteiger partial charge on any atom is -0.451 e. The van der Waals surface area contributed by atoms with E-state index in [1.807, 2.05) is 0 Å². The second-order valence-electron chi connectivity index (χ2n) is 6.05. The molecule has 0 unspecified atom stereocenters. The van der Waals surface area contributed by atoms with E-state index in [-0.39, 0.29) is 5.69 Å². The standard InChI is InChI=1S/C18H7Br2ClN4O3/c19-13-15-16(22-9-3-1-7(21)5-11(9)24-15)14(20)18-17(13)23-10-4-2-8(25(26)27)6-12(10)28-18/h1-6,23H. The summed E-state index contributed by atoms with van der Waals surface area (Å²) in [6.07, 6.45) is 0. The van der Waals surface area contributed by atoms with E-state index < -0.39 is 4.92 Å². The van der Waals surface area contributed by atoms with Crippen molar-refractivity contribution in [1.82, 2.24) is 9.97 Å². The van der Waals surface area contributed by atoms with Crippen molar-refractivity contribution >= 4 is 82.6 Å². The average molecular weight is 523 g/mol. The number of non-ortho nitro benzene ring substituents is 1. The van der Waals surface area contributed by atoms with Gasteiger partial charge in [0.05, 0.1) is 42.3 Å². The van der Waals surface area contributed by atoms with Gasteiger partial charge in [0.25, 0.3) is 5.69 Å². The van der Waals surface area contributed by atoms with E-state index in [2.05, 4.69) is 42.2 Å². The maximum Gasteiger partial charge on any atom is 0.273 e. The van der Waals surface area contributed by atoms with Crippen LogP contribution in [0, 0.1) is 10.1 Å². The molecule has 1 aliphatic rings. The minimum absolute atomic E-state index is 0.0531. The highest BCUT2D eigenvalue weighted by molar-refractivity contribution is 9.11. The third-order valence-corrected chi connectivity index (χ3v) is 6.08. The minimum atomic E-state index is -0.465. The number of aromatic nitrogens is 2. The number of fused-ring (bicyclic) bond motifs is 4. The number of nitro benzene ring substituents is 1. The lowest BCUT2D eigenvalue weighted by Crippen LogP contribution is -2.06. The van der Waals surface area contributed by atoms with Crippen molar-refractivity contribution in [2.24, 2.45) is 0 Å². The Morgan fingerprint density at radius 2 is 1.79 bits per heavy atom. The Morgan fingerprint density at radius 1 is 1.04 bits per heavy atom. The van der Waals surface area contributed by atoms with Gasteiger partial charge in [0.15, 0.2) is 11.5 Å². The van der Waals surface area contributed by atoms with Gasteiger partial charge in [-0.3, -0.25) is 10.1 Å². The van der Waals surface area contributed by atoms with Crippen molar-refractivity contribution in [3.63, 3.8) is 0 Å². The highest BCUT2D eigenvalue weighted by Crippen LogP contribution is 2.52. The Bertz CT molecular complexity index is 1350. The Kier molecular flexibility index (Phi) is 3.94. The van der Waals surface area contributed by atoms with Crippen LogP contribution in [0.1, 0.15) is 0 Å². The number of halogens is 3. The maximum absolute atomic E-state index is 11.1. The lowest BCUT2D eigenvalue weighted by atomic mass is 10.1. The van der Waals surface area contributed by atoms with Gasteiger partial charge in [-0.2, -0.15) is 0 Å². The number of ether oxygens (including phenoxy) is 1. The van der Waals surface area contributed by atoms with E-state index >= 15 is 0 Å². The number of hydrogen-bond acceptors (Lipinski definition) is 6. The third kappa shape index (κ3) is 2.61. The van der Waals surface area contributed by atoms with Crippen LogP contribution >= 0.6 is 43.5 Å². The molecule has 0 saturated carbocycles.